The first kappa shape index (κ1) is 14.8. The van der Waals surface area contributed by atoms with Crippen molar-refractivity contribution in [3.05, 3.63) is 34.8 Å². The van der Waals surface area contributed by atoms with E-state index in [9.17, 15) is 4.79 Å². The summed E-state index contributed by atoms with van der Waals surface area (Å²) in [6, 6.07) is 7.45. The number of aliphatic hydroxyl groups is 1. The summed E-state index contributed by atoms with van der Waals surface area (Å²) in [6.07, 6.45) is 2.22. The van der Waals surface area contributed by atoms with Gasteiger partial charge in [-0.2, -0.15) is 0 Å². The summed E-state index contributed by atoms with van der Waals surface area (Å²) in [5.41, 5.74) is 1.46. The molecule has 20 heavy (non-hydrogen) atoms. The lowest BCUT2D eigenvalue weighted by molar-refractivity contribution is 0.188. The number of nitrogens with zero attached hydrogens (tertiary/aromatic N) is 2. The highest BCUT2D eigenvalue weighted by molar-refractivity contribution is 5.72. The lowest BCUT2D eigenvalue weighted by Crippen LogP contribution is -2.32. The second kappa shape index (κ2) is 7.26. The Morgan fingerprint density at radius 2 is 2.05 bits per heavy atom. The number of aliphatic hydroxyl groups excluding tert-OH is 1. The standard InChI is InChI=1S/C15H22N2O3/c1-2-3-8-16(11-12-18)9-10-17-13-6-4-5-7-14(13)20-15(17)19/h4-7,18H,2-3,8-12H2,1H3. The van der Waals surface area contributed by atoms with E-state index < -0.39 is 0 Å². The first-order valence-corrected chi connectivity index (χ1v) is 7.18. The maximum atomic E-state index is 11.9. The molecule has 0 radical (unpaired) electrons. The summed E-state index contributed by atoms with van der Waals surface area (Å²) >= 11 is 0. The van der Waals surface area contributed by atoms with Crippen molar-refractivity contribution in [2.24, 2.45) is 0 Å². The molecule has 5 nitrogen and oxygen atoms in total. The summed E-state index contributed by atoms with van der Waals surface area (Å²) < 4.78 is 6.87. The molecule has 0 aliphatic heterocycles. The van der Waals surface area contributed by atoms with E-state index >= 15 is 0 Å². The van der Waals surface area contributed by atoms with Crippen molar-refractivity contribution in [3.8, 4) is 0 Å². The highest BCUT2D eigenvalue weighted by Crippen LogP contribution is 2.11. The number of aromatic nitrogens is 1. The molecule has 0 aliphatic rings. The van der Waals surface area contributed by atoms with Crippen LogP contribution in [0.2, 0.25) is 0 Å². The van der Waals surface area contributed by atoms with Gasteiger partial charge in [0.1, 0.15) is 0 Å². The minimum absolute atomic E-state index is 0.144. The van der Waals surface area contributed by atoms with Crippen LogP contribution in [-0.2, 0) is 6.54 Å². The van der Waals surface area contributed by atoms with E-state index in [1.54, 1.807) is 10.6 Å². The minimum Gasteiger partial charge on any atom is -0.408 e. The third-order valence-electron chi connectivity index (χ3n) is 3.46. The highest BCUT2D eigenvalue weighted by atomic mass is 16.4. The van der Waals surface area contributed by atoms with Gasteiger partial charge in [-0.1, -0.05) is 25.5 Å². The van der Waals surface area contributed by atoms with Crippen molar-refractivity contribution in [3.63, 3.8) is 0 Å². The normalized spacial score (nSPS) is 11.6. The van der Waals surface area contributed by atoms with Crippen molar-refractivity contribution in [2.45, 2.75) is 26.3 Å². The predicted molar refractivity (Wildman–Crippen MR) is 78.9 cm³/mol. The molecule has 0 saturated carbocycles. The minimum atomic E-state index is -0.314. The van der Waals surface area contributed by atoms with Crippen molar-refractivity contribution < 1.29 is 9.52 Å². The van der Waals surface area contributed by atoms with Crippen LogP contribution in [0.5, 0.6) is 0 Å². The van der Waals surface area contributed by atoms with Crippen LogP contribution in [0.3, 0.4) is 0 Å². The van der Waals surface area contributed by atoms with E-state index in [-0.39, 0.29) is 12.4 Å². The lowest BCUT2D eigenvalue weighted by atomic mass is 10.3. The molecule has 5 heteroatoms. The van der Waals surface area contributed by atoms with Gasteiger partial charge in [0.15, 0.2) is 5.58 Å². The topological polar surface area (TPSA) is 58.6 Å². The molecule has 0 spiro atoms. The molecule has 1 heterocycles. The lowest BCUT2D eigenvalue weighted by Gasteiger charge is -2.20. The Balaban J connectivity index is 2.07. The third-order valence-corrected chi connectivity index (χ3v) is 3.46. The van der Waals surface area contributed by atoms with E-state index in [4.69, 9.17) is 9.52 Å². The Hall–Kier alpha value is -1.59. The fourth-order valence-electron chi connectivity index (χ4n) is 2.33. The average molecular weight is 278 g/mol. The zero-order chi connectivity index (χ0) is 14.4. The molecular formula is C15H22N2O3. The number of hydrogen-bond donors (Lipinski definition) is 1. The van der Waals surface area contributed by atoms with Crippen LogP contribution in [0.15, 0.2) is 33.5 Å². The Kier molecular flexibility index (Phi) is 5.38. The van der Waals surface area contributed by atoms with Crippen LogP contribution in [-0.4, -0.2) is 40.8 Å². The summed E-state index contributed by atoms with van der Waals surface area (Å²) in [6.45, 7) is 5.20. The van der Waals surface area contributed by atoms with Crippen molar-refractivity contribution in [2.75, 3.05) is 26.2 Å². The van der Waals surface area contributed by atoms with E-state index in [1.807, 2.05) is 18.2 Å². The summed E-state index contributed by atoms with van der Waals surface area (Å²) in [4.78, 5) is 14.0. The number of para-hydroxylation sites is 2. The van der Waals surface area contributed by atoms with E-state index in [0.717, 1.165) is 31.4 Å². The third kappa shape index (κ3) is 3.49. The zero-order valence-corrected chi connectivity index (χ0v) is 11.9. The maximum absolute atomic E-state index is 11.9. The van der Waals surface area contributed by atoms with Crippen molar-refractivity contribution in [1.82, 2.24) is 9.47 Å². The van der Waals surface area contributed by atoms with Gasteiger partial charge in [-0.25, -0.2) is 4.79 Å². The molecule has 1 N–H and O–H groups in total. The molecule has 0 unspecified atom stereocenters. The quantitative estimate of drug-likeness (QED) is 0.798. The highest BCUT2D eigenvalue weighted by Gasteiger charge is 2.10. The molecule has 0 atom stereocenters. The molecule has 2 aromatic rings. The second-order valence-electron chi connectivity index (χ2n) is 4.91. The van der Waals surface area contributed by atoms with Crippen LogP contribution in [0.4, 0.5) is 0 Å². The number of rotatable bonds is 8. The van der Waals surface area contributed by atoms with Crippen LogP contribution in [0, 0.1) is 0 Å². The summed E-state index contributed by atoms with van der Waals surface area (Å²) in [5, 5.41) is 9.09. The number of fused-ring (bicyclic) bond motifs is 1. The van der Waals surface area contributed by atoms with E-state index in [0.29, 0.717) is 18.7 Å². The smallest absolute Gasteiger partial charge is 0.408 e. The number of hydrogen-bond acceptors (Lipinski definition) is 4. The summed E-state index contributed by atoms with van der Waals surface area (Å²) in [5.74, 6) is -0.314. The van der Waals surface area contributed by atoms with Crippen molar-refractivity contribution >= 4 is 11.1 Å². The predicted octanol–water partition coefficient (Wildman–Crippen LogP) is 1.69. The van der Waals surface area contributed by atoms with Gasteiger partial charge >= 0.3 is 5.76 Å². The first-order chi connectivity index (χ1) is 9.76. The van der Waals surface area contributed by atoms with Gasteiger partial charge in [0.25, 0.3) is 0 Å². The molecule has 0 aliphatic carbocycles. The molecule has 0 amide bonds. The molecule has 2 rings (SSSR count). The van der Waals surface area contributed by atoms with E-state index in [2.05, 4.69) is 11.8 Å². The Morgan fingerprint density at radius 1 is 1.25 bits per heavy atom. The van der Waals surface area contributed by atoms with Gasteiger partial charge in [0, 0.05) is 19.6 Å². The largest absolute Gasteiger partial charge is 0.419 e. The molecular weight excluding hydrogens is 256 g/mol. The van der Waals surface area contributed by atoms with Gasteiger partial charge in [0.05, 0.1) is 12.1 Å². The fraction of sp³-hybridized carbons (Fsp3) is 0.533. The van der Waals surface area contributed by atoms with Crippen molar-refractivity contribution in [1.29, 1.82) is 0 Å². The van der Waals surface area contributed by atoms with Crippen LogP contribution in [0.1, 0.15) is 19.8 Å². The van der Waals surface area contributed by atoms with Gasteiger partial charge in [0.2, 0.25) is 0 Å². The van der Waals surface area contributed by atoms with Crippen LogP contribution in [0.25, 0.3) is 11.1 Å². The zero-order valence-electron chi connectivity index (χ0n) is 11.9. The first-order valence-electron chi connectivity index (χ1n) is 7.18. The SMILES string of the molecule is CCCCN(CCO)CCn1c(=O)oc2ccccc21. The van der Waals surface area contributed by atoms with Gasteiger partial charge in [-0.15, -0.1) is 0 Å². The Labute approximate surface area is 118 Å². The summed E-state index contributed by atoms with van der Waals surface area (Å²) in [7, 11) is 0. The molecule has 1 aromatic carbocycles. The van der Waals surface area contributed by atoms with E-state index in [1.165, 1.54) is 0 Å². The number of unbranched alkanes of at least 4 members (excludes halogenated alkanes) is 1. The molecule has 0 bridgehead atoms. The van der Waals surface area contributed by atoms with Gasteiger partial charge in [-0.3, -0.25) is 9.47 Å². The molecule has 110 valence electrons. The number of oxazole rings is 1. The van der Waals surface area contributed by atoms with Gasteiger partial charge in [-0.05, 0) is 25.1 Å². The van der Waals surface area contributed by atoms with Gasteiger partial charge < -0.3 is 9.52 Å². The maximum Gasteiger partial charge on any atom is 0.419 e. The molecule has 1 aromatic heterocycles. The fourth-order valence-corrected chi connectivity index (χ4v) is 2.33. The average Bonchev–Trinajstić information content (AvgIpc) is 2.77. The molecule has 0 fully saturated rings. The van der Waals surface area contributed by atoms with Crippen LogP contribution < -0.4 is 5.76 Å². The second-order valence-corrected chi connectivity index (χ2v) is 4.91. The Bertz CT molecular complexity index is 588. The van der Waals surface area contributed by atoms with Crippen LogP contribution >= 0.6 is 0 Å². The molecule has 0 saturated heterocycles. The monoisotopic (exact) mass is 278 g/mol. The number of benzene rings is 1. The Morgan fingerprint density at radius 3 is 2.80 bits per heavy atom.